The van der Waals surface area contributed by atoms with E-state index in [1.54, 1.807) is 11.1 Å². The molecule has 1 N–H and O–H groups in total. The summed E-state index contributed by atoms with van der Waals surface area (Å²) in [6, 6.07) is 0.818. The summed E-state index contributed by atoms with van der Waals surface area (Å²) in [6.45, 7) is 3.59. The number of hydrogen-bond donors (Lipinski definition) is 1. The van der Waals surface area contributed by atoms with Crippen LogP contribution in [-0.2, 0) is 0 Å². The normalized spacial score (nSPS) is 41.1. The van der Waals surface area contributed by atoms with Crippen molar-refractivity contribution in [2.24, 2.45) is 11.8 Å². The standard InChI is InChI=1S/C13H19N/c1-9(6-10-4-2-3-5-10)13-11-7-12(13)14-8-11/h4,6,11-14H,2-3,5,7-8H2,1H3/b9-6-. The van der Waals surface area contributed by atoms with E-state index in [2.05, 4.69) is 24.4 Å². The molecular weight excluding hydrogens is 170 g/mol. The second kappa shape index (κ2) is 3.23. The van der Waals surface area contributed by atoms with Crippen molar-refractivity contribution in [3.8, 4) is 0 Å². The highest BCUT2D eigenvalue weighted by Crippen LogP contribution is 2.44. The van der Waals surface area contributed by atoms with E-state index in [9.17, 15) is 0 Å². The highest BCUT2D eigenvalue weighted by molar-refractivity contribution is 5.30. The van der Waals surface area contributed by atoms with Gasteiger partial charge >= 0.3 is 0 Å². The monoisotopic (exact) mass is 189 g/mol. The third-order valence-corrected chi connectivity index (χ3v) is 4.16. The Morgan fingerprint density at radius 3 is 3.07 bits per heavy atom. The average Bonchev–Trinajstić information content (AvgIpc) is 2.77. The summed E-state index contributed by atoms with van der Waals surface area (Å²) < 4.78 is 0. The van der Waals surface area contributed by atoms with Gasteiger partial charge in [0, 0.05) is 6.04 Å². The fourth-order valence-corrected chi connectivity index (χ4v) is 3.38. The van der Waals surface area contributed by atoms with Crippen LogP contribution in [0.2, 0.25) is 0 Å². The molecule has 1 heteroatoms. The van der Waals surface area contributed by atoms with Crippen LogP contribution in [0.25, 0.3) is 0 Å². The number of hydrogen-bond acceptors (Lipinski definition) is 1. The molecule has 0 amide bonds. The Hall–Kier alpha value is -0.560. The van der Waals surface area contributed by atoms with Crippen LogP contribution < -0.4 is 5.32 Å². The minimum atomic E-state index is 0.818. The third kappa shape index (κ3) is 1.26. The minimum absolute atomic E-state index is 0.818. The van der Waals surface area contributed by atoms with Crippen molar-refractivity contribution in [2.45, 2.75) is 38.6 Å². The second-order valence-corrected chi connectivity index (χ2v) is 5.10. The number of rotatable bonds is 2. The van der Waals surface area contributed by atoms with Crippen molar-refractivity contribution >= 4 is 0 Å². The lowest BCUT2D eigenvalue weighted by Crippen LogP contribution is -2.37. The number of fused-ring (bicyclic) bond motifs is 1. The fraction of sp³-hybridized carbons (Fsp3) is 0.692. The van der Waals surface area contributed by atoms with Gasteiger partial charge in [0.05, 0.1) is 0 Å². The summed E-state index contributed by atoms with van der Waals surface area (Å²) in [6.07, 6.45) is 10.3. The van der Waals surface area contributed by atoms with E-state index >= 15 is 0 Å². The molecule has 2 bridgehead atoms. The van der Waals surface area contributed by atoms with Gasteiger partial charge in [0.25, 0.3) is 0 Å². The van der Waals surface area contributed by atoms with Crippen LogP contribution in [0.15, 0.2) is 23.3 Å². The first-order valence-electron chi connectivity index (χ1n) is 5.95. The maximum absolute atomic E-state index is 3.59. The molecule has 76 valence electrons. The van der Waals surface area contributed by atoms with E-state index in [1.807, 2.05) is 0 Å². The lowest BCUT2D eigenvalue weighted by molar-refractivity contribution is 0.258. The van der Waals surface area contributed by atoms with Gasteiger partial charge < -0.3 is 5.32 Å². The molecule has 3 unspecified atom stereocenters. The number of nitrogens with one attached hydrogen (secondary N) is 1. The zero-order valence-electron chi connectivity index (χ0n) is 8.92. The van der Waals surface area contributed by atoms with E-state index in [0.29, 0.717) is 0 Å². The Labute approximate surface area is 86.3 Å². The van der Waals surface area contributed by atoms with Crippen LogP contribution in [-0.4, -0.2) is 12.6 Å². The van der Waals surface area contributed by atoms with Gasteiger partial charge in [0.15, 0.2) is 0 Å². The third-order valence-electron chi connectivity index (χ3n) is 4.16. The van der Waals surface area contributed by atoms with Crippen LogP contribution in [0.4, 0.5) is 0 Å². The van der Waals surface area contributed by atoms with Crippen LogP contribution in [0.3, 0.4) is 0 Å². The van der Waals surface area contributed by atoms with Crippen molar-refractivity contribution < 1.29 is 0 Å². The Kier molecular flexibility index (Phi) is 2.01. The molecule has 14 heavy (non-hydrogen) atoms. The Bertz CT molecular complexity index is 286. The van der Waals surface area contributed by atoms with Gasteiger partial charge in [-0.15, -0.1) is 0 Å². The molecule has 0 aromatic carbocycles. The predicted octanol–water partition coefficient (Wildman–Crippen LogP) is 2.65. The molecule has 2 saturated heterocycles. The SMILES string of the molecule is C/C(=C/C1=CCCC1)C1C2CNC1C2. The Morgan fingerprint density at radius 1 is 1.57 bits per heavy atom. The molecule has 3 atom stereocenters. The van der Waals surface area contributed by atoms with Gasteiger partial charge in [-0.05, 0) is 51.0 Å². The van der Waals surface area contributed by atoms with E-state index in [4.69, 9.17) is 0 Å². The highest BCUT2D eigenvalue weighted by atomic mass is 15.0. The van der Waals surface area contributed by atoms with E-state index in [1.165, 1.54) is 32.2 Å². The summed E-state index contributed by atoms with van der Waals surface area (Å²) in [4.78, 5) is 0. The van der Waals surface area contributed by atoms with E-state index in [-0.39, 0.29) is 0 Å². The fourth-order valence-electron chi connectivity index (χ4n) is 3.38. The predicted molar refractivity (Wildman–Crippen MR) is 59.1 cm³/mol. The van der Waals surface area contributed by atoms with Crippen LogP contribution >= 0.6 is 0 Å². The van der Waals surface area contributed by atoms with Crippen molar-refractivity contribution in [1.29, 1.82) is 0 Å². The Morgan fingerprint density at radius 2 is 2.50 bits per heavy atom. The quantitative estimate of drug-likeness (QED) is 0.704. The smallest absolute Gasteiger partial charge is 0.0139 e. The summed E-state index contributed by atoms with van der Waals surface area (Å²) in [5.74, 6) is 1.83. The summed E-state index contributed by atoms with van der Waals surface area (Å²) in [5.41, 5.74) is 3.22. The number of allylic oxidation sites excluding steroid dienone is 3. The molecule has 1 saturated carbocycles. The summed E-state index contributed by atoms with van der Waals surface area (Å²) >= 11 is 0. The molecule has 0 radical (unpaired) electrons. The lowest BCUT2D eigenvalue weighted by Gasteiger charge is -2.35. The van der Waals surface area contributed by atoms with Gasteiger partial charge in [-0.3, -0.25) is 0 Å². The van der Waals surface area contributed by atoms with Gasteiger partial charge in [-0.2, -0.15) is 0 Å². The first-order chi connectivity index (χ1) is 6.84. The van der Waals surface area contributed by atoms with Crippen molar-refractivity contribution in [1.82, 2.24) is 5.32 Å². The molecule has 0 spiro atoms. The molecule has 0 aromatic rings. The van der Waals surface area contributed by atoms with Crippen molar-refractivity contribution in [3.63, 3.8) is 0 Å². The zero-order chi connectivity index (χ0) is 9.54. The van der Waals surface area contributed by atoms with Gasteiger partial charge in [-0.25, -0.2) is 0 Å². The largest absolute Gasteiger partial charge is 0.313 e. The van der Waals surface area contributed by atoms with E-state index in [0.717, 1.165) is 17.9 Å². The van der Waals surface area contributed by atoms with Crippen molar-refractivity contribution in [3.05, 3.63) is 23.3 Å². The van der Waals surface area contributed by atoms with Crippen molar-refractivity contribution in [2.75, 3.05) is 6.54 Å². The minimum Gasteiger partial charge on any atom is -0.313 e. The molecule has 1 nitrogen and oxygen atoms in total. The highest BCUT2D eigenvalue weighted by Gasteiger charge is 2.46. The Balaban J connectivity index is 1.72. The molecule has 4 rings (SSSR count). The van der Waals surface area contributed by atoms with Gasteiger partial charge in [-0.1, -0.05) is 23.3 Å². The lowest BCUT2D eigenvalue weighted by atomic mass is 9.70. The van der Waals surface area contributed by atoms with Crippen LogP contribution in [0.1, 0.15) is 32.6 Å². The van der Waals surface area contributed by atoms with Gasteiger partial charge in [0.1, 0.15) is 0 Å². The molecule has 4 aliphatic rings. The molecule has 2 aliphatic carbocycles. The zero-order valence-corrected chi connectivity index (χ0v) is 8.92. The molecule has 2 heterocycles. The van der Waals surface area contributed by atoms with Crippen LogP contribution in [0.5, 0.6) is 0 Å². The summed E-state index contributed by atoms with van der Waals surface area (Å²) in [7, 11) is 0. The summed E-state index contributed by atoms with van der Waals surface area (Å²) in [5, 5.41) is 3.59. The maximum Gasteiger partial charge on any atom is 0.0139 e. The molecule has 0 aromatic heterocycles. The topological polar surface area (TPSA) is 12.0 Å². The van der Waals surface area contributed by atoms with Crippen LogP contribution in [0, 0.1) is 11.8 Å². The first-order valence-corrected chi connectivity index (χ1v) is 5.95. The van der Waals surface area contributed by atoms with E-state index < -0.39 is 0 Å². The average molecular weight is 189 g/mol. The second-order valence-electron chi connectivity index (χ2n) is 5.10. The molecule has 3 fully saturated rings. The van der Waals surface area contributed by atoms with Gasteiger partial charge in [0.2, 0.25) is 0 Å². The molecular formula is C13H19N. The molecule has 2 aliphatic heterocycles. The first kappa shape index (κ1) is 8.72. The maximum atomic E-state index is 3.59.